The fraction of sp³-hybridized carbons (Fsp3) is 0.417. The van der Waals surface area contributed by atoms with E-state index >= 15 is 0 Å². The zero-order chi connectivity index (χ0) is 13.1. The van der Waals surface area contributed by atoms with Crippen LogP contribution in [0.1, 0.15) is 5.56 Å². The van der Waals surface area contributed by atoms with E-state index in [0.29, 0.717) is 24.7 Å². The molecule has 0 bridgehead atoms. The molecule has 6 heteroatoms. The number of nitrogens with one attached hydrogen (secondary N) is 1. The van der Waals surface area contributed by atoms with Crippen molar-refractivity contribution in [1.82, 2.24) is 10.2 Å². The van der Waals surface area contributed by atoms with Crippen molar-refractivity contribution in [1.29, 1.82) is 0 Å². The van der Waals surface area contributed by atoms with Gasteiger partial charge < -0.3 is 10.4 Å². The molecular formula is C12H14BrClN2O2. The quantitative estimate of drug-likeness (QED) is 0.888. The summed E-state index contributed by atoms with van der Waals surface area (Å²) < 4.78 is 0.923. The molecule has 1 aromatic rings. The van der Waals surface area contributed by atoms with Gasteiger partial charge in [-0.15, -0.1) is 0 Å². The fourth-order valence-electron chi connectivity index (χ4n) is 2.05. The summed E-state index contributed by atoms with van der Waals surface area (Å²) in [4.78, 5) is 13.1. The Morgan fingerprint density at radius 2 is 2.39 bits per heavy atom. The van der Waals surface area contributed by atoms with E-state index in [0.717, 1.165) is 16.6 Å². The predicted octanol–water partition coefficient (Wildman–Crippen LogP) is 1.96. The van der Waals surface area contributed by atoms with E-state index in [4.69, 9.17) is 11.6 Å². The van der Waals surface area contributed by atoms with Crippen molar-refractivity contribution < 1.29 is 9.90 Å². The minimum Gasteiger partial charge on any atom is -0.480 e. The van der Waals surface area contributed by atoms with Gasteiger partial charge in [0.1, 0.15) is 6.04 Å². The fourth-order valence-corrected chi connectivity index (χ4v) is 2.78. The van der Waals surface area contributed by atoms with Gasteiger partial charge in [-0.3, -0.25) is 9.69 Å². The van der Waals surface area contributed by atoms with Gasteiger partial charge in [0.05, 0.1) is 0 Å². The van der Waals surface area contributed by atoms with E-state index in [9.17, 15) is 9.90 Å². The molecule has 0 radical (unpaired) electrons. The van der Waals surface area contributed by atoms with Crippen molar-refractivity contribution in [2.24, 2.45) is 0 Å². The van der Waals surface area contributed by atoms with Crippen molar-refractivity contribution in [3.8, 4) is 0 Å². The lowest BCUT2D eigenvalue weighted by Gasteiger charge is -2.33. The molecule has 1 aromatic carbocycles. The van der Waals surface area contributed by atoms with Crippen LogP contribution in [0.25, 0.3) is 0 Å². The van der Waals surface area contributed by atoms with E-state index in [1.165, 1.54) is 0 Å². The van der Waals surface area contributed by atoms with Crippen LogP contribution in [0.2, 0.25) is 5.02 Å². The average molecular weight is 334 g/mol. The topological polar surface area (TPSA) is 52.6 Å². The third-order valence-electron chi connectivity index (χ3n) is 3.03. The normalized spacial score (nSPS) is 20.9. The van der Waals surface area contributed by atoms with Crippen molar-refractivity contribution in [3.63, 3.8) is 0 Å². The van der Waals surface area contributed by atoms with Crippen LogP contribution in [-0.4, -0.2) is 41.7 Å². The molecule has 0 aromatic heterocycles. The van der Waals surface area contributed by atoms with Gasteiger partial charge in [-0.1, -0.05) is 33.6 Å². The van der Waals surface area contributed by atoms with E-state index in [-0.39, 0.29) is 0 Å². The Labute approximate surface area is 119 Å². The Morgan fingerprint density at radius 3 is 3.06 bits per heavy atom. The number of carboxylic acid groups (broad SMARTS) is 1. The Bertz CT molecular complexity index is 456. The third kappa shape index (κ3) is 3.23. The second kappa shape index (κ2) is 6.02. The highest BCUT2D eigenvalue weighted by Gasteiger charge is 2.28. The first-order valence-electron chi connectivity index (χ1n) is 5.69. The molecule has 98 valence electrons. The Balaban J connectivity index is 2.13. The molecule has 0 amide bonds. The van der Waals surface area contributed by atoms with Gasteiger partial charge >= 0.3 is 5.97 Å². The van der Waals surface area contributed by atoms with Crippen LogP contribution in [0.3, 0.4) is 0 Å². The van der Waals surface area contributed by atoms with Crippen molar-refractivity contribution in [2.45, 2.75) is 12.6 Å². The second-order valence-corrected chi connectivity index (χ2v) is 5.59. The first kappa shape index (κ1) is 13.8. The molecule has 0 spiro atoms. The van der Waals surface area contributed by atoms with Gasteiger partial charge in [0, 0.05) is 35.7 Å². The largest absolute Gasteiger partial charge is 0.480 e. The van der Waals surface area contributed by atoms with Gasteiger partial charge in [0.25, 0.3) is 0 Å². The number of hydrogen-bond acceptors (Lipinski definition) is 3. The van der Waals surface area contributed by atoms with Crippen molar-refractivity contribution in [2.75, 3.05) is 19.6 Å². The van der Waals surface area contributed by atoms with Gasteiger partial charge in [-0.05, 0) is 17.7 Å². The molecule has 2 rings (SSSR count). The summed E-state index contributed by atoms with van der Waals surface area (Å²) >= 11 is 9.51. The van der Waals surface area contributed by atoms with Crippen molar-refractivity contribution in [3.05, 3.63) is 33.3 Å². The number of benzene rings is 1. The number of carbonyl (C=O) groups is 1. The summed E-state index contributed by atoms with van der Waals surface area (Å²) in [6.07, 6.45) is 0. The van der Waals surface area contributed by atoms with Crippen LogP contribution in [0.4, 0.5) is 0 Å². The average Bonchev–Trinajstić information content (AvgIpc) is 2.33. The van der Waals surface area contributed by atoms with Crippen LogP contribution >= 0.6 is 27.5 Å². The molecule has 1 fully saturated rings. The summed E-state index contributed by atoms with van der Waals surface area (Å²) in [5.41, 5.74) is 0.952. The number of aliphatic carboxylic acids is 1. The molecule has 1 atom stereocenters. The van der Waals surface area contributed by atoms with E-state index in [1.807, 2.05) is 23.1 Å². The zero-order valence-corrected chi connectivity index (χ0v) is 12.0. The van der Waals surface area contributed by atoms with Crippen LogP contribution in [0.5, 0.6) is 0 Å². The highest BCUT2D eigenvalue weighted by Crippen LogP contribution is 2.23. The molecule has 1 aliphatic heterocycles. The van der Waals surface area contributed by atoms with Gasteiger partial charge in [0.2, 0.25) is 0 Å². The van der Waals surface area contributed by atoms with Crippen LogP contribution in [0.15, 0.2) is 22.7 Å². The lowest BCUT2D eigenvalue weighted by molar-refractivity contribution is -0.144. The number of carboxylic acids is 1. The minimum absolute atomic E-state index is 0.476. The van der Waals surface area contributed by atoms with Gasteiger partial charge in [0.15, 0.2) is 0 Å². The molecule has 1 unspecified atom stereocenters. The molecule has 18 heavy (non-hydrogen) atoms. The third-order valence-corrected chi connectivity index (χ3v) is 3.87. The molecule has 1 saturated heterocycles. The van der Waals surface area contributed by atoms with E-state index in [2.05, 4.69) is 21.2 Å². The number of nitrogens with zero attached hydrogens (tertiary/aromatic N) is 1. The first-order chi connectivity index (χ1) is 8.58. The maximum Gasteiger partial charge on any atom is 0.322 e. The maximum absolute atomic E-state index is 11.2. The second-order valence-electron chi connectivity index (χ2n) is 4.26. The summed E-state index contributed by atoms with van der Waals surface area (Å²) in [5.74, 6) is -0.796. The number of piperazine rings is 1. The van der Waals surface area contributed by atoms with Crippen LogP contribution < -0.4 is 5.32 Å². The molecule has 2 N–H and O–H groups in total. The molecule has 0 saturated carbocycles. The van der Waals surface area contributed by atoms with Crippen LogP contribution in [-0.2, 0) is 11.3 Å². The summed E-state index contributed by atoms with van der Waals surface area (Å²) in [6.45, 7) is 2.55. The Kier molecular flexibility index (Phi) is 4.61. The van der Waals surface area contributed by atoms with Gasteiger partial charge in [-0.25, -0.2) is 0 Å². The molecule has 1 heterocycles. The minimum atomic E-state index is -0.796. The summed E-state index contributed by atoms with van der Waals surface area (Å²) in [5, 5.41) is 12.9. The number of rotatable bonds is 3. The van der Waals surface area contributed by atoms with E-state index < -0.39 is 12.0 Å². The van der Waals surface area contributed by atoms with Crippen LogP contribution in [0, 0.1) is 0 Å². The lowest BCUT2D eigenvalue weighted by Crippen LogP contribution is -2.54. The zero-order valence-electron chi connectivity index (χ0n) is 9.70. The Hall–Kier alpha value is -0.620. The molecule has 0 aliphatic carbocycles. The Morgan fingerprint density at radius 1 is 1.61 bits per heavy atom. The standard InChI is InChI=1S/C12H14BrClN2O2/c13-9-2-1-8(10(14)5-9)7-16-4-3-15-6-11(16)12(17)18/h1-2,5,11,15H,3-4,6-7H2,(H,17,18). The molecule has 4 nitrogen and oxygen atoms in total. The van der Waals surface area contributed by atoms with Crippen molar-refractivity contribution >= 4 is 33.5 Å². The monoisotopic (exact) mass is 332 g/mol. The highest BCUT2D eigenvalue weighted by atomic mass is 79.9. The first-order valence-corrected chi connectivity index (χ1v) is 6.86. The predicted molar refractivity (Wildman–Crippen MR) is 73.9 cm³/mol. The SMILES string of the molecule is O=C(O)C1CNCCN1Cc1ccc(Br)cc1Cl. The number of hydrogen-bond donors (Lipinski definition) is 2. The summed E-state index contributed by atoms with van der Waals surface area (Å²) in [7, 11) is 0. The maximum atomic E-state index is 11.2. The smallest absolute Gasteiger partial charge is 0.322 e. The summed E-state index contributed by atoms with van der Waals surface area (Å²) in [6, 6.07) is 5.18. The van der Waals surface area contributed by atoms with E-state index in [1.54, 1.807) is 0 Å². The highest BCUT2D eigenvalue weighted by molar-refractivity contribution is 9.10. The molecular weight excluding hydrogens is 320 g/mol. The molecule has 1 aliphatic rings. The number of halogens is 2. The lowest BCUT2D eigenvalue weighted by atomic mass is 10.1. The van der Waals surface area contributed by atoms with Gasteiger partial charge in [-0.2, -0.15) is 0 Å².